The second kappa shape index (κ2) is 5.44. The van der Waals surface area contributed by atoms with Gasteiger partial charge in [-0.2, -0.15) is 0 Å². The third-order valence-corrected chi connectivity index (χ3v) is 2.76. The van der Waals surface area contributed by atoms with Crippen LogP contribution in [-0.4, -0.2) is 9.97 Å². The van der Waals surface area contributed by atoms with Gasteiger partial charge in [0.1, 0.15) is 0 Å². The number of aromatic amines is 2. The van der Waals surface area contributed by atoms with Crippen molar-refractivity contribution in [2.75, 3.05) is 0 Å². The van der Waals surface area contributed by atoms with Crippen LogP contribution in [0.2, 0.25) is 0 Å². The highest BCUT2D eigenvalue weighted by Crippen LogP contribution is 2.08. The first-order valence-electron chi connectivity index (χ1n) is 5.68. The third kappa shape index (κ3) is 3.31. The zero-order valence-electron chi connectivity index (χ0n) is 9.00. The number of hydrogen-bond acceptors (Lipinski definition) is 0. The molecule has 0 spiro atoms. The number of nitrogens with one attached hydrogen (secondary N) is 2. The Labute approximate surface area is 90.7 Å². The molecule has 0 saturated heterocycles. The Morgan fingerprint density at radius 1 is 0.733 bits per heavy atom. The first-order chi connectivity index (χ1) is 7.45. The number of unbranched alkanes of at least 4 members (excludes halogenated alkanes) is 2. The van der Waals surface area contributed by atoms with Gasteiger partial charge in [0.05, 0.1) is 0 Å². The van der Waals surface area contributed by atoms with Crippen LogP contribution in [0.1, 0.15) is 30.4 Å². The normalized spacial score (nSPS) is 10.7. The maximum Gasteiger partial charge on any atom is 0.00373 e. The first kappa shape index (κ1) is 10.1. The van der Waals surface area contributed by atoms with Crippen molar-refractivity contribution in [3.05, 3.63) is 48.0 Å². The predicted octanol–water partition coefficient (Wildman–Crippen LogP) is 3.30. The lowest BCUT2D eigenvalue weighted by atomic mass is 10.1. The molecule has 2 N–H and O–H groups in total. The molecule has 2 nitrogen and oxygen atoms in total. The number of aromatic nitrogens is 2. The minimum Gasteiger partial charge on any atom is -0.367 e. The van der Waals surface area contributed by atoms with Gasteiger partial charge in [0.15, 0.2) is 0 Å². The first-order valence-corrected chi connectivity index (χ1v) is 5.68. The van der Waals surface area contributed by atoms with Gasteiger partial charge < -0.3 is 9.97 Å². The molecule has 0 aromatic carbocycles. The van der Waals surface area contributed by atoms with Crippen molar-refractivity contribution < 1.29 is 0 Å². The second-order valence-corrected chi connectivity index (χ2v) is 4.00. The Bertz CT molecular complexity index is 310. The van der Waals surface area contributed by atoms with E-state index >= 15 is 0 Å². The van der Waals surface area contributed by atoms with Crippen molar-refractivity contribution in [3.8, 4) is 0 Å². The fourth-order valence-electron chi connectivity index (χ4n) is 1.86. The van der Waals surface area contributed by atoms with Crippen molar-refractivity contribution in [2.45, 2.75) is 32.1 Å². The van der Waals surface area contributed by atoms with Crippen molar-refractivity contribution in [3.63, 3.8) is 0 Å². The van der Waals surface area contributed by atoms with E-state index in [-0.39, 0.29) is 0 Å². The SMILES string of the molecule is c1cc(CCCCCc2cc[nH]c2)c[nH]1. The van der Waals surface area contributed by atoms with E-state index < -0.39 is 0 Å². The Kier molecular flexibility index (Phi) is 3.66. The van der Waals surface area contributed by atoms with Crippen molar-refractivity contribution >= 4 is 0 Å². The Hall–Kier alpha value is -1.44. The van der Waals surface area contributed by atoms with Gasteiger partial charge in [0, 0.05) is 24.8 Å². The summed E-state index contributed by atoms with van der Waals surface area (Å²) in [5.74, 6) is 0. The minimum atomic E-state index is 1.20. The summed E-state index contributed by atoms with van der Waals surface area (Å²) in [4.78, 5) is 6.18. The number of aryl methyl sites for hydroxylation is 2. The third-order valence-electron chi connectivity index (χ3n) is 2.76. The van der Waals surface area contributed by atoms with E-state index in [4.69, 9.17) is 0 Å². The maximum absolute atomic E-state index is 3.09. The average Bonchev–Trinajstić information content (AvgIpc) is 2.88. The summed E-state index contributed by atoms with van der Waals surface area (Å²) in [6.07, 6.45) is 14.5. The zero-order chi connectivity index (χ0) is 10.3. The quantitative estimate of drug-likeness (QED) is 0.674. The second-order valence-electron chi connectivity index (χ2n) is 4.00. The van der Waals surface area contributed by atoms with Gasteiger partial charge in [-0.1, -0.05) is 6.42 Å². The molecule has 2 heteroatoms. The standard InChI is InChI=1S/C13H18N2/c1(2-4-12-6-8-14-10-12)3-5-13-7-9-15-11-13/h6-11,14-15H,1-5H2. The highest BCUT2D eigenvalue weighted by Gasteiger charge is 1.95. The predicted molar refractivity (Wildman–Crippen MR) is 62.8 cm³/mol. The van der Waals surface area contributed by atoms with Gasteiger partial charge in [-0.25, -0.2) is 0 Å². The molecule has 0 radical (unpaired) electrons. The lowest BCUT2D eigenvalue weighted by Gasteiger charge is -1.98. The zero-order valence-corrected chi connectivity index (χ0v) is 9.00. The molecule has 0 saturated carbocycles. The van der Waals surface area contributed by atoms with Crippen LogP contribution in [0.15, 0.2) is 36.9 Å². The Balaban J connectivity index is 1.56. The minimum absolute atomic E-state index is 1.20. The van der Waals surface area contributed by atoms with Crippen LogP contribution >= 0.6 is 0 Å². The molecular formula is C13H18N2. The van der Waals surface area contributed by atoms with E-state index in [9.17, 15) is 0 Å². The van der Waals surface area contributed by atoms with Gasteiger partial charge in [-0.3, -0.25) is 0 Å². The molecule has 0 atom stereocenters. The highest BCUT2D eigenvalue weighted by atomic mass is 14.6. The van der Waals surface area contributed by atoms with Crippen LogP contribution in [0.4, 0.5) is 0 Å². The Morgan fingerprint density at radius 2 is 1.27 bits per heavy atom. The summed E-state index contributed by atoms with van der Waals surface area (Å²) >= 11 is 0. The van der Waals surface area contributed by atoms with E-state index in [1.165, 1.54) is 43.2 Å². The van der Waals surface area contributed by atoms with Gasteiger partial charge in [-0.05, 0) is 48.9 Å². The van der Waals surface area contributed by atoms with Crippen molar-refractivity contribution in [2.24, 2.45) is 0 Å². The molecule has 0 unspecified atom stereocenters. The average molecular weight is 202 g/mol. The molecule has 0 amide bonds. The monoisotopic (exact) mass is 202 g/mol. The molecule has 0 aliphatic heterocycles. The fourth-order valence-corrected chi connectivity index (χ4v) is 1.86. The molecule has 80 valence electrons. The van der Waals surface area contributed by atoms with E-state index in [0.717, 1.165) is 0 Å². The van der Waals surface area contributed by atoms with Crippen molar-refractivity contribution in [1.82, 2.24) is 9.97 Å². The fraction of sp³-hybridized carbons (Fsp3) is 0.385. The van der Waals surface area contributed by atoms with Crippen molar-refractivity contribution in [1.29, 1.82) is 0 Å². The molecule has 2 heterocycles. The molecule has 0 aliphatic rings. The Morgan fingerprint density at radius 3 is 1.67 bits per heavy atom. The van der Waals surface area contributed by atoms with Gasteiger partial charge in [-0.15, -0.1) is 0 Å². The lowest BCUT2D eigenvalue weighted by molar-refractivity contribution is 0.679. The van der Waals surface area contributed by atoms with Crippen LogP contribution in [0, 0.1) is 0 Å². The van der Waals surface area contributed by atoms with Crippen LogP contribution < -0.4 is 0 Å². The van der Waals surface area contributed by atoms with E-state index in [1.54, 1.807) is 0 Å². The van der Waals surface area contributed by atoms with Gasteiger partial charge in [0.2, 0.25) is 0 Å². The van der Waals surface area contributed by atoms with Gasteiger partial charge >= 0.3 is 0 Å². The summed E-state index contributed by atoms with van der Waals surface area (Å²) < 4.78 is 0. The molecular weight excluding hydrogens is 184 g/mol. The van der Waals surface area contributed by atoms with Crippen LogP contribution in [-0.2, 0) is 12.8 Å². The topological polar surface area (TPSA) is 31.6 Å². The van der Waals surface area contributed by atoms with Crippen LogP contribution in [0.25, 0.3) is 0 Å². The molecule has 0 bridgehead atoms. The molecule has 15 heavy (non-hydrogen) atoms. The highest BCUT2D eigenvalue weighted by molar-refractivity contribution is 5.09. The molecule has 2 rings (SSSR count). The summed E-state index contributed by atoms with van der Waals surface area (Å²) in [6, 6.07) is 4.32. The molecule has 0 aliphatic carbocycles. The molecule has 0 fully saturated rings. The van der Waals surface area contributed by atoms with E-state index in [0.29, 0.717) is 0 Å². The smallest absolute Gasteiger partial charge is 0.00373 e. The number of hydrogen-bond donors (Lipinski definition) is 2. The molecule has 2 aromatic heterocycles. The van der Waals surface area contributed by atoms with E-state index in [1.807, 2.05) is 12.4 Å². The largest absolute Gasteiger partial charge is 0.367 e. The van der Waals surface area contributed by atoms with E-state index in [2.05, 4.69) is 34.5 Å². The molecule has 2 aromatic rings. The van der Waals surface area contributed by atoms with Crippen LogP contribution in [0.5, 0.6) is 0 Å². The summed E-state index contributed by atoms with van der Waals surface area (Å²) in [5, 5.41) is 0. The maximum atomic E-state index is 3.09. The summed E-state index contributed by atoms with van der Waals surface area (Å²) in [7, 11) is 0. The summed E-state index contributed by atoms with van der Waals surface area (Å²) in [6.45, 7) is 0. The lowest BCUT2D eigenvalue weighted by Crippen LogP contribution is -1.86. The van der Waals surface area contributed by atoms with Crippen LogP contribution in [0.3, 0.4) is 0 Å². The number of H-pyrrole nitrogens is 2. The van der Waals surface area contributed by atoms with Gasteiger partial charge in [0.25, 0.3) is 0 Å². The number of rotatable bonds is 6. The summed E-state index contributed by atoms with van der Waals surface area (Å²) in [5.41, 5.74) is 2.85.